The lowest BCUT2D eigenvalue weighted by molar-refractivity contribution is -0.141. The van der Waals surface area contributed by atoms with Gasteiger partial charge in [-0.15, -0.1) is 0 Å². The first-order valence-corrected chi connectivity index (χ1v) is 10.3. The molecule has 23 heavy (non-hydrogen) atoms. The van der Waals surface area contributed by atoms with E-state index in [9.17, 15) is 9.59 Å². The molecule has 0 bridgehead atoms. The molecule has 3 aliphatic rings. The smallest absolute Gasteiger partial charge is 0.227 e. The van der Waals surface area contributed by atoms with Crippen LogP contribution in [0.2, 0.25) is 0 Å². The summed E-state index contributed by atoms with van der Waals surface area (Å²) in [7, 11) is 1.98. The second-order valence-electron chi connectivity index (χ2n) is 7.39. The minimum Gasteiger partial charge on any atom is -0.342 e. The SMILES string of the molecule is CCS[C@@H]1CC[C@H](N(C)C(=O)[C@@H]2CCCN(C(=O)C3CC3)C2)C1. The van der Waals surface area contributed by atoms with Crippen LogP contribution in [0.3, 0.4) is 0 Å². The molecular weight excluding hydrogens is 308 g/mol. The minimum absolute atomic E-state index is 0.0225. The summed E-state index contributed by atoms with van der Waals surface area (Å²) in [4.78, 5) is 29.1. The highest BCUT2D eigenvalue weighted by Crippen LogP contribution is 2.35. The Hall–Kier alpha value is -0.710. The molecule has 5 heteroatoms. The maximum Gasteiger partial charge on any atom is 0.227 e. The first kappa shape index (κ1) is 17.1. The summed E-state index contributed by atoms with van der Waals surface area (Å²) in [6.07, 6.45) is 7.52. The van der Waals surface area contributed by atoms with E-state index in [1.807, 2.05) is 28.6 Å². The average molecular weight is 339 g/mol. The van der Waals surface area contributed by atoms with E-state index >= 15 is 0 Å². The number of hydrogen-bond acceptors (Lipinski definition) is 3. The van der Waals surface area contributed by atoms with Crippen LogP contribution in [-0.2, 0) is 9.59 Å². The summed E-state index contributed by atoms with van der Waals surface area (Å²) in [6, 6.07) is 0.404. The Morgan fingerprint density at radius 2 is 1.91 bits per heavy atom. The Bertz CT molecular complexity index is 452. The molecule has 4 nitrogen and oxygen atoms in total. The molecule has 0 spiro atoms. The summed E-state index contributed by atoms with van der Waals surface area (Å²) >= 11 is 2.03. The molecule has 0 aromatic carbocycles. The van der Waals surface area contributed by atoms with Crippen LogP contribution in [0, 0.1) is 11.8 Å². The summed E-state index contributed by atoms with van der Waals surface area (Å²) < 4.78 is 0. The number of amides is 2. The van der Waals surface area contributed by atoms with Crippen LogP contribution in [0.15, 0.2) is 0 Å². The van der Waals surface area contributed by atoms with Crippen molar-refractivity contribution in [3.8, 4) is 0 Å². The fraction of sp³-hybridized carbons (Fsp3) is 0.889. The Balaban J connectivity index is 1.53. The van der Waals surface area contributed by atoms with Gasteiger partial charge in [0.15, 0.2) is 0 Å². The highest BCUT2D eigenvalue weighted by molar-refractivity contribution is 7.99. The first-order chi connectivity index (χ1) is 11.1. The maximum absolute atomic E-state index is 12.9. The Kier molecular flexibility index (Phi) is 5.55. The van der Waals surface area contributed by atoms with Crippen LogP contribution in [0.25, 0.3) is 0 Å². The van der Waals surface area contributed by atoms with E-state index in [0.717, 1.165) is 56.1 Å². The molecule has 1 heterocycles. The third kappa shape index (κ3) is 4.04. The number of piperidine rings is 1. The van der Waals surface area contributed by atoms with Gasteiger partial charge in [-0.2, -0.15) is 11.8 Å². The van der Waals surface area contributed by atoms with E-state index in [2.05, 4.69) is 6.92 Å². The van der Waals surface area contributed by atoms with Gasteiger partial charge in [0.2, 0.25) is 11.8 Å². The third-order valence-corrected chi connectivity index (χ3v) is 6.90. The summed E-state index contributed by atoms with van der Waals surface area (Å²) in [6.45, 7) is 3.71. The fourth-order valence-electron chi connectivity index (χ4n) is 4.09. The monoisotopic (exact) mass is 338 g/mol. The van der Waals surface area contributed by atoms with Crippen molar-refractivity contribution in [1.82, 2.24) is 9.80 Å². The molecule has 0 aromatic rings. The van der Waals surface area contributed by atoms with E-state index in [4.69, 9.17) is 0 Å². The maximum atomic E-state index is 12.9. The van der Waals surface area contributed by atoms with Crippen molar-refractivity contribution in [3.63, 3.8) is 0 Å². The van der Waals surface area contributed by atoms with Gasteiger partial charge < -0.3 is 9.80 Å². The van der Waals surface area contributed by atoms with Crippen molar-refractivity contribution in [2.45, 2.75) is 63.2 Å². The van der Waals surface area contributed by atoms with Gasteiger partial charge in [-0.1, -0.05) is 6.92 Å². The summed E-state index contributed by atoms with van der Waals surface area (Å²) in [5, 5.41) is 0.722. The molecule has 3 atom stereocenters. The molecule has 2 amide bonds. The van der Waals surface area contributed by atoms with Crippen molar-refractivity contribution < 1.29 is 9.59 Å². The lowest BCUT2D eigenvalue weighted by Gasteiger charge is -2.35. The fourth-order valence-corrected chi connectivity index (χ4v) is 5.22. The molecule has 1 saturated heterocycles. The number of hydrogen-bond donors (Lipinski definition) is 0. The van der Waals surface area contributed by atoms with Crippen LogP contribution < -0.4 is 0 Å². The van der Waals surface area contributed by atoms with Crippen LogP contribution >= 0.6 is 11.8 Å². The van der Waals surface area contributed by atoms with Crippen LogP contribution in [-0.4, -0.2) is 58.8 Å². The third-order valence-electron chi connectivity index (χ3n) is 5.66. The largest absolute Gasteiger partial charge is 0.342 e. The van der Waals surface area contributed by atoms with E-state index in [-0.39, 0.29) is 17.7 Å². The minimum atomic E-state index is 0.0225. The first-order valence-electron chi connectivity index (χ1n) is 9.27. The zero-order chi connectivity index (χ0) is 16.4. The van der Waals surface area contributed by atoms with Gasteiger partial charge in [-0.05, 0) is 50.7 Å². The second-order valence-corrected chi connectivity index (χ2v) is 8.97. The predicted molar refractivity (Wildman–Crippen MR) is 94.4 cm³/mol. The summed E-state index contributed by atoms with van der Waals surface area (Å²) in [5.41, 5.74) is 0. The van der Waals surface area contributed by atoms with E-state index in [1.165, 1.54) is 6.42 Å². The number of carbonyl (C=O) groups excluding carboxylic acids is 2. The molecule has 0 aromatic heterocycles. The van der Waals surface area contributed by atoms with Crippen molar-refractivity contribution in [1.29, 1.82) is 0 Å². The highest BCUT2D eigenvalue weighted by Gasteiger charge is 2.38. The van der Waals surface area contributed by atoms with E-state index in [1.54, 1.807) is 0 Å². The topological polar surface area (TPSA) is 40.6 Å². The van der Waals surface area contributed by atoms with E-state index in [0.29, 0.717) is 18.5 Å². The second kappa shape index (κ2) is 7.45. The molecular formula is C18H30N2O2S. The van der Waals surface area contributed by atoms with Crippen molar-refractivity contribution in [3.05, 3.63) is 0 Å². The number of nitrogens with zero attached hydrogens (tertiary/aromatic N) is 2. The molecule has 2 saturated carbocycles. The average Bonchev–Trinajstić information content (AvgIpc) is 3.32. The van der Waals surface area contributed by atoms with Crippen LogP contribution in [0.5, 0.6) is 0 Å². The molecule has 0 radical (unpaired) electrons. The van der Waals surface area contributed by atoms with Gasteiger partial charge in [0.1, 0.15) is 0 Å². The molecule has 2 aliphatic carbocycles. The zero-order valence-electron chi connectivity index (χ0n) is 14.5. The number of thioether (sulfide) groups is 1. The number of carbonyl (C=O) groups is 2. The van der Waals surface area contributed by atoms with Crippen molar-refractivity contribution in [2.75, 3.05) is 25.9 Å². The molecule has 0 N–H and O–H groups in total. The van der Waals surface area contributed by atoms with Crippen LogP contribution in [0.4, 0.5) is 0 Å². The standard InChI is InChI=1S/C18H30N2O2S/c1-3-23-16-9-8-15(11-16)19(2)17(21)14-5-4-10-20(12-14)18(22)13-6-7-13/h13-16H,3-12H2,1-2H3/t14-,15+,16-/m1/s1. The number of rotatable bonds is 5. The van der Waals surface area contributed by atoms with Gasteiger partial charge in [0.05, 0.1) is 5.92 Å². The molecule has 3 fully saturated rings. The molecule has 130 valence electrons. The van der Waals surface area contributed by atoms with E-state index < -0.39 is 0 Å². The lowest BCUT2D eigenvalue weighted by Crippen LogP contribution is -2.48. The van der Waals surface area contributed by atoms with Crippen molar-refractivity contribution >= 4 is 23.6 Å². The normalized spacial score (nSPS) is 31.2. The highest BCUT2D eigenvalue weighted by atomic mass is 32.2. The predicted octanol–water partition coefficient (Wildman–Crippen LogP) is 2.77. The van der Waals surface area contributed by atoms with Crippen molar-refractivity contribution in [2.24, 2.45) is 11.8 Å². The van der Waals surface area contributed by atoms with Gasteiger partial charge in [0, 0.05) is 37.3 Å². The Morgan fingerprint density at radius 1 is 1.13 bits per heavy atom. The lowest BCUT2D eigenvalue weighted by atomic mass is 9.95. The Morgan fingerprint density at radius 3 is 2.61 bits per heavy atom. The molecule has 3 rings (SSSR count). The van der Waals surface area contributed by atoms with Gasteiger partial charge in [-0.25, -0.2) is 0 Å². The Labute approximate surface area is 144 Å². The van der Waals surface area contributed by atoms with Gasteiger partial charge in [0.25, 0.3) is 0 Å². The van der Waals surface area contributed by atoms with Gasteiger partial charge in [-0.3, -0.25) is 9.59 Å². The zero-order valence-corrected chi connectivity index (χ0v) is 15.3. The van der Waals surface area contributed by atoms with Gasteiger partial charge >= 0.3 is 0 Å². The number of likely N-dealkylation sites (tertiary alicyclic amines) is 1. The molecule has 0 unspecified atom stereocenters. The molecule has 1 aliphatic heterocycles. The summed E-state index contributed by atoms with van der Waals surface area (Å²) in [5.74, 6) is 2.02. The van der Waals surface area contributed by atoms with Crippen LogP contribution in [0.1, 0.15) is 51.9 Å². The quantitative estimate of drug-likeness (QED) is 0.774.